The topological polar surface area (TPSA) is 119 Å². The highest BCUT2D eigenvalue weighted by molar-refractivity contribution is 7.92. The van der Waals surface area contributed by atoms with Crippen molar-refractivity contribution in [1.82, 2.24) is 0 Å². The van der Waals surface area contributed by atoms with Crippen LogP contribution < -0.4 is 0 Å². The van der Waals surface area contributed by atoms with Gasteiger partial charge >= 0.3 is 5.97 Å². The van der Waals surface area contributed by atoms with E-state index in [9.17, 15) is 27.8 Å². The molecule has 4 atom stereocenters. The van der Waals surface area contributed by atoms with E-state index in [0.717, 1.165) is 6.07 Å². The predicted molar refractivity (Wildman–Crippen MR) is 116 cm³/mol. The molecular weight excluding hydrogens is 479 g/mol. The molecule has 0 saturated carbocycles. The number of rotatable bonds is 6. The number of esters is 1. The summed E-state index contributed by atoms with van der Waals surface area (Å²) in [6.07, 6.45) is 0.324. The van der Waals surface area contributed by atoms with Crippen molar-refractivity contribution in [2.45, 2.75) is 61.1 Å². The summed E-state index contributed by atoms with van der Waals surface area (Å²) in [6.45, 7) is 0.818. The summed E-state index contributed by atoms with van der Waals surface area (Å²) in [7, 11) is -3.99. The number of halogens is 2. The molecule has 1 saturated heterocycles. The minimum atomic E-state index is -3.99. The fraction of sp³-hybridized carbons (Fsp3) is 0.591. The van der Waals surface area contributed by atoms with Crippen LogP contribution in [0, 0.1) is 5.82 Å². The van der Waals surface area contributed by atoms with Crippen LogP contribution in [0.1, 0.15) is 42.6 Å². The predicted octanol–water partition coefficient (Wildman–Crippen LogP) is 2.00. The number of aryl methyl sites for hydroxylation is 1. The van der Waals surface area contributed by atoms with Crippen LogP contribution in [-0.4, -0.2) is 67.7 Å². The van der Waals surface area contributed by atoms with Crippen molar-refractivity contribution >= 4 is 27.4 Å². The SMILES string of the molecule is CCOC(=O)C1=CC2(CCC1S(=O)(=O)C1CCc3cc(F)cc(Cl)c31)O[C@@H](CO)[C@H](CO)O2. The molecule has 11 heteroatoms. The molecule has 33 heavy (non-hydrogen) atoms. The summed E-state index contributed by atoms with van der Waals surface area (Å²) in [5, 5.41) is 16.9. The molecule has 1 aromatic rings. The second kappa shape index (κ2) is 9.24. The lowest BCUT2D eigenvalue weighted by Gasteiger charge is -2.34. The third kappa shape index (κ3) is 4.33. The summed E-state index contributed by atoms with van der Waals surface area (Å²) in [4.78, 5) is 12.8. The zero-order valence-electron chi connectivity index (χ0n) is 18.0. The van der Waals surface area contributed by atoms with Crippen molar-refractivity contribution in [2.24, 2.45) is 0 Å². The van der Waals surface area contributed by atoms with Gasteiger partial charge in [-0.25, -0.2) is 17.6 Å². The zero-order chi connectivity index (χ0) is 24.0. The highest BCUT2D eigenvalue weighted by Crippen LogP contribution is 2.48. The second-order valence-electron chi connectivity index (χ2n) is 8.41. The molecule has 1 aromatic carbocycles. The van der Waals surface area contributed by atoms with E-state index in [1.54, 1.807) is 6.92 Å². The Bertz CT molecular complexity index is 1060. The summed E-state index contributed by atoms with van der Waals surface area (Å²) >= 11 is 6.23. The van der Waals surface area contributed by atoms with E-state index in [-0.39, 0.29) is 36.5 Å². The van der Waals surface area contributed by atoms with Crippen molar-refractivity contribution in [3.8, 4) is 0 Å². The lowest BCUT2D eigenvalue weighted by Crippen LogP contribution is -2.42. The summed E-state index contributed by atoms with van der Waals surface area (Å²) in [5.41, 5.74) is 0.794. The van der Waals surface area contributed by atoms with Crippen LogP contribution in [0.4, 0.5) is 4.39 Å². The first-order valence-corrected chi connectivity index (χ1v) is 12.8. The van der Waals surface area contributed by atoms with Gasteiger partial charge in [-0.3, -0.25) is 0 Å². The number of aliphatic hydroxyl groups is 2. The van der Waals surface area contributed by atoms with Gasteiger partial charge in [-0.2, -0.15) is 0 Å². The maximum atomic E-state index is 13.8. The van der Waals surface area contributed by atoms with Crippen LogP contribution in [0.3, 0.4) is 0 Å². The normalized spacial score (nSPS) is 28.6. The minimum absolute atomic E-state index is 0.00603. The molecule has 2 N–H and O–H groups in total. The van der Waals surface area contributed by atoms with Crippen molar-refractivity contribution in [2.75, 3.05) is 19.8 Å². The maximum Gasteiger partial charge on any atom is 0.335 e. The number of carbonyl (C=O) groups is 1. The van der Waals surface area contributed by atoms with Gasteiger partial charge in [0.15, 0.2) is 15.6 Å². The highest BCUT2D eigenvalue weighted by atomic mass is 35.5. The van der Waals surface area contributed by atoms with Crippen molar-refractivity contribution in [3.63, 3.8) is 0 Å². The average Bonchev–Trinajstić information content (AvgIpc) is 3.35. The molecule has 1 spiro atoms. The first-order valence-electron chi connectivity index (χ1n) is 10.8. The molecule has 4 rings (SSSR count). The number of ether oxygens (including phenoxy) is 3. The van der Waals surface area contributed by atoms with Gasteiger partial charge in [-0.1, -0.05) is 11.6 Å². The number of sulfone groups is 1. The van der Waals surface area contributed by atoms with Crippen LogP contribution in [0.15, 0.2) is 23.8 Å². The molecule has 3 aliphatic rings. The van der Waals surface area contributed by atoms with Gasteiger partial charge in [-0.05, 0) is 55.5 Å². The number of carbonyl (C=O) groups excluding carboxylic acids is 1. The van der Waals surface area contributed by atoms with Gasteiger partial charge in [0.1, 0.15) is 18.0 Å². The number of aliphatic hydroxyl groups excluding tert-OH is 2. The van der Waals surface area contributed by atoms with E-state index >= 15 is 0 Å². The van der Waals surface area contributed by atoms with Gasteiger partial charge in [-0.15, -0.1) is 0 Å². The summed E-state index contributed by atoms with van der Waals surface area (Å²) in [5.74, 6) is -2.80. The quantitative estimate of drug-likeness (QED) is 0.564. The molecule has 1 aliphatic heterocycles. The second-order valence-corrected chi connectivity index (χ2v) is 11.1. The molecule has 0 bridgehead atoms. The summed E-state index contributed by atoms with van der Waals surface area (Å²) < 4.78 is 58.1. The van der Waals surface area contributed by atoms with E-state index in [1.165, 1.54) is 12.1 Å². The molecular formula is C22H26ClFO8S. The summed E-state index contributed by atoms with van der Waals surface area (Å²) in [6, 6.07) is 2.38. The van der Waals surface area contributed by atoms with Crippen LogP contribution in [0.5, 0.6) is 0 Å². The fourth-order valence-corrected chi connectivity index (χ4v) is 7.82. The number of fused-ring (bicyclic) bond motifs is 1. The Balaban J connectivity index is 1.73. The molecule has 1 heterocycles. The van der Waals surface area contributed by atoms with Gasteiger partial charge in [0, 0.05) is 11.4 Å². The zero-order valence-corrected chi connectivity index (χ0v) is 19.6. The number of benzene rings is 1. The van der Waals surface area contributed by atoms with Crippen LogP contribution in [0.25, 0.3) is 0 Å². The van der Waals surface area contributed by atoms with Crippen LogP contribution >= 0.6 is 11.6 Å². The van der Waals surface area contributed by atoms with E-state index in [0.29, 0.717) is 17.5 Å². The van der Waals surface area contributed by atoms with Gasteiger partial charge < -0.3 is 24.4 Å². The fourth-order valence-electron chi connectivity index (χ4n) is 4.99. The first kappa shape index (κ1) is 24.6. The lowest BCUT2D eigenvalue weighted by molar-refractivity contribution is -0.154. The number of hydrogen-bond acceptors (Lipinski definition) is 8. The van der Waals surface area contributed by atoms with Crippen LogP contribution in [0.2, 0.25) is 5.02 Å². The van der Waals surface area contributed by atoms with E-state index in [4.69, 9.17) is 25.8 Å². The Morgan fingerprint density at radius 3 is 2.48 bits per heavy atom. The van der Waals surface area contributed by atoms with Crippen molar-refractivity contribution < 1.29 is 42.0 Å². The van der Waals surface area contributed by atoms with Gasteiger partial charge in [0.05, 0.1) is 35.9 Å². The maximum absolute atomic E-state index is 13.8. The monoisotopic (exact) mass is 504 g/mol. The Kier molecular flexibility index (Phi) is 6.88. The van der Waals surface area contributed by atoms with Gasteiger partial charge in [0.25, 0.3) is 0 Å². The Morgan fingerprint density at radius 2 is 1.88 bits per heavy atom. The Hall–Kier alpha value is -1.56. The third-order valence-electron chi connectivity index (χ3n) is 6.44. The molecule has 1 fully saturated rings. The van der Waals surface area contributed by atoms with E-state index < -0.39 is 63.3 Å². The largest absolute Gasteiger partial charge is 0.463 e. The van der Waals surface area contributed by atoms with E-state index in [2.05, 4.69) is 0 Å². The Labute approximate surface area is 196 Å². The number of hydrogen-bond donors (Lipinski definition) is 2. The molecule has 0 amide bonds. The minimum Gasteiger partial charge on any atom is -0.463 e. The molecule has 8 nitrogen and oxygen atoms in total. The third-order valence-corrected chi connectivity index (χ3v) is 9.30. The van der Waals surface area contributed by atoms with Crippen LogP contribution in [-0.2, 0) is 35.3 Å². The molecule has 182 valence electrons. The first-order chi connectivity index (χ1) is 15.7. The van der Waals surface area contributed by atoms with Crippen molar-refractivity contribution in [1.29, 1.82) is 0 Å². The van der Waals surface area contributed by atoms with Gasteiger partial charge in [0.2, 0.25) is 0 Å². The highest BCUT2D eigenvalue weighted by Gasteiger charge is 2.53. The molecule has 0 radical (unpaired) electrons. The average molecular weight is 505 g/mol. The standard InChI is InChI=1S/C22H26ClFO8S/c1-2-30-21(27)14-9-22(31-16(10-25)17(11-26)32-22)6-5-18(14)33(28,29)19-4-3-12-7-13(24)8-15(23)20(12)19/h7-9,16-19,25-26H,2-6,10-11H2,1H3/t16-,17-,18?,19?/m0/s1. The molecule has 2 aliphatic carbocycles. The molecule has 0 aromatic heterocycles. The smallest absolute Gasteiger partial charge is 0.335 e. The van der Waals surface area contributed by atoms with E-state index in [1.807, 2.05) is 0 Å². The molecule has 2 unspecified atom stereocenters. The Morgan fingerprint density at radius 1 is 1.21 bits per heavy atom. The van der Waals surface area contributed by atoms with Crippen molar-refractivity contribution in [3.05, 3.63) is 45.7 Å². The lowest BCUT2D eigenvalue weighted by atomic mass is 9.94.